The van der Waals surface area contributed by atoms with Gasteiger partial charge in [0.25, 0.3) is 0 Å². The third-order valence-corrected chi connectivity index (χ3v) is 9.25. The number of hydrogen-bond acceptors (Lipinski definition) is 5. The van der Waals surface area contributed by atoms with E-state index in [-0.39, 0.29) is 12.5 Å². The quantitative estimate of drug-likeness (QED) is 0.391. The first-order valence-corrected chi connectivity index (χ1v) is 14.2. The maximum Gasteiger partial charge on any atom is 0.126 e. The Morgan fingerprint density at radius 2 is 1.97 bits per heavy atom. The lowest BCUT2D eigenvalue weighted by Crippen LogP contribution is -2.43. The summed E-state index contributed by atoms with van der Waals surface area (Å²) in [6, 6.07) is 7.42. The SMILES string of the molecule is COc1ccc2nccc([C@H](F)CC[C@@H]3CCN(CCSC4CCCCCC4)C[C@@H]3CO)c2c1. The Bertz CT molecular complexity index is 890. The van der Waals surface area contributed by atoms with Crippen LogP contribution < -0.4 is 4.74 Å². The van der Waals surface area contributed by atoms with Gasteiger partial charge >= 0.3 is 0 Å². The highest BCUT2D eigenvalue weighted by atomic mass is 32.2. The molecule has 1 aliphatic heterocycles. The van der Waals surface area contributed by atoms with E-state index in [1.807, 2.05) is 18.2 Å². The van der Waals surface area contributed by atoms with Gasteiger partial charge in [0.15, 0.2) is 0 Å². The fraction of sp³-hybridized carbons (Fsp3) is 0.679. The molecule has 2 fully saturated rings. The van der Waals surface area contributed by atoms with Crippen molar-refractivity contribution >= 4 is 22.7 Å². The van der Waals surface area contributed by atoms with Crippen molar-refractivity contribution in [1.29, 1.82) is 0 Å². The summed E-state index contributed by atoms with van der Waals surface area (Å²) in [5.74, 6) is 2.55. The van der Waals surface area contributed by atoms with Crippen LogP contribution in [0.15, 0.2) is 30.5 Å². The zero-order valence-corrected chi connectivity index (χ0v) is 21.4. The normalized spacial score (nSPS) is 23.6. The van der Waals surface area contributed by atoms with Gasteiger partial charge in [0, 0.05) is 42.3 Å². The third-order valence-electron chi connectivity index (χ3n) is 7.88. The van der Waals surface area contributed by atoms with Crippen LogP contribution in [-0.2, 0) is 0 Å². The number of thioether (sulfide) groups is 1. The standard InChI is InChI=1S/C28H41FN2O2S/c1-33-23-9-11-28-26(18-23)25(12-14-30-28)27(29)10-8-21-13-15-31(19-22(21)20-32)16-17-34-24-6-4-2-3-5-7-24/h9,11-12,14,18,21-22,24,27,32H,2-8,10,13,15-17,19-20H2,1H3/t21-,22-,27-/m1/s1. The third kappa shape index (κ3) is 6.86. The number of rotatable bonds is 10. The molecule has 0 bridgehead atoms. The summed E-state index contributed by atoms with van der Waals surface area (Å²) in [7, 11) is 1.63. The molecule has 4 rings (SSSR count). The average Bonchev–Trinajstić information content (AvgIpc) is 3.15. The number of methoxy groups -OCH3 is 1. The van der Waals surface area contributed by atoms with E-state index in [2.05, 4.69) is 21.6 Å². The molecule has 0 spiro atoms. The number of hydrogen-bond donors (Lipinski definition) is 1. The Labute approximate surface area is 208 Å². The summed E-state index contributed by atoms with van der Waals surface area (Å²) >= 11 is 2.16. The van der Waals surface area contributed by atoms with Gasteiger partial charge in [0.1, 0.15) is 11.9 Å². The van der Waals surface area contributed by atoms with Crippen molar-refractivity contribution < 1.29 is 14.2 Å². The van der Waals surface area contributed by atoms with Crippen molar-refractivity contribution in [2.75, 3.05) is 39.1 Å². The van der Waals surface area contributed by atoms with Gasteiger partial charge < -0.3 is 14.7 Å². The molecule has 1 saturated heterocycles. The molecule has 2 aliphatic rings. The van der Waals surface area contributed by atoms with E-state index in [0.717, 1.165) is 54.4 Å². The zero-order valence-electron chi connectivity index (χ0n) is 20.6. The highest BCUT2D eigenvalue weighted by Crippen LogP contribution is 2.35. The molecule has 0 unspecified atom stereocenters. The van der Waals surface area contributed by atoms with Crippen molar-refractivity contribution in [3.8, 4) is 5.75 Å². The molecular formula is C28H41FN2O2S. The maximum atomic E-state index is 15.4. The van der Waals surface area contributed by atoms with Crippen molar-refractivity contribution in [3.05, 3.63) is 36.0 Å². The maximum absolute atomic E-state index is 15.4. The molecule has 1 aliphatic carbocycles. The molecular weight excluding hydrogens is 447 g/mol. The lowest BCUT2D eigenvalue weighted by Gasteiger charge is -2.38. The Morgan fingerprint density at radius 1 is 1.15 bits per heavy atom. The molecule has 1 N–H and O–H groups in total. The van der Waals surface area contributed by atoms with Gasteiger partial charge in [0.05, 0.1) is 12.6 Å². The molecule has 6 heteroatoms. The van der Waals surface area contributed by atoms with Gasteiger partial charge in [-0.2, -0.15) is 11.8 Å². The Morgan fingerprint density at radius 3 is 2.74 bits per heavy atom. The largest absolute Gasteiger partial charge is 0.497 e. The number of ether oxygens (including phenoxy) is 1. The smallest absolute Gasteiger partial charge is 0.126 e. The second kappa shape index (κ2) is 13.1. The fourth-order valence-corrected chi connectivity index (χ4v) is 7.13. The summed E-state index contributed by atoms with van der Waals surface area (Å²) in [6.45, 7) is 3.32. The van der Waals surface area contributed by atoms with Gasteiger partial charge in [-0.1, -0.05) is 25.7 Å². The molecule has 1 saturated carbocycles. The summed E-state index contributed by atoms with van der Waals surface area (Å²) in [5.41, 5.74) is 1.49. The number of alkyl halides is 1. The van der Waals surface area contributed by atoms with Crippen LogP contribution in [0.3, 0.4) is 0 Å². The minimum absolute atomic E-state index is 0.198. The monoisotopic (exact) mass is 488 g/mol. The van der Waals surface area contributed by atoms with Gasteiger partial charge in [-0.3, -0.25) is 4.98 Å². The first-order chi connectivity index (χ1) is 16.7. The van der Waals surface area contributed by atoms with Gasteiger partial charge in [-0.25, -0.2) is 4.39 Å². The highest BCUT2D eigenvalue weighted by molar-refractivity contribution is 7.99. The molecule has 1 aromatic heterocycles. The Hall–Kier alpha value is -1.37. The van der Waals surface area contributed by atoms with Crippen LogP contribution in [0, 0.1) is 11.8 Å². The van der Waals surface area contributed by atoms with Crippen LogP contribution in [0.4, 0.5) is 4.39 Å². The van der Waals surface area contributed by atoms with E-state index in [1.165, 1.54) is 44.3 Å². The van der Waals surface area contributed by atoms with E-state index in [4.69, 9.17) is 4.74 Å². The van der Waals surface area contributed by atoms with Gasteiger partial charge in [-0.05, 0) is 80.3 Å². The number of aliphatic hydroxyl groups excluding tert-OH is 1. The van der Waals surface area contributed by atoms with E-state index in [9.17, 15) is 5.11 Å². The van der Waals surface area contributed by atoms with Crippen LogP contribution in [0.2, 0.25) is 0 Å². The molecule has 1 aromatic carbocycles. The molecule has 188 valence electrons. The van der Waals surface area contributed by atoms with Crippen LogP contribution >= 0.6 is 11.8 Å². The molecule has 2 heterocycles. The molecule has 2 aromatic rings. The zero-order chi connectivity index (χ0) is 23.8. The van der Waals surface area contributed by atoms with E-state index in [1.54, 1.807) is 19.4 Å². The molecule has 3 atom stereocenters. The van der Waals surface area contributed by atoms with Crippen LogP contribution in [-0.4, -0.2) is 59.3 Å². The predicted molar refractivity (Wildman–Crippen MR) is 140 cm³/mol. The van der Waals surface area contributed by atoms with Crippen LogP contribution in [0.5, 0.6) is 5.75 Å². The van der Waals surface area contributed by atoms with Crippen molar-refractivity contribution in [2.24, 2.45) is 11.8 Å². The lowest BCUT2D eigenvalue weighted by atomic mass is 9.81. The first kappa shape index (κ1) is 25.7. The molecule has 0 radical (unpaired) electrons. The van der Waals surface area contributed by atoms with Crippen molar-refractivity contribution in [1.82, 2.24) is 9.88 Å². The number of fused-ring (bicyclic) bond motifs is 1. The lowest BCUT2D eigenvalue weighted by molar-refractivity contribution is 0.0672. The average molecular weight is 489 g/mol. The highest BCUT2D eigenvalue weighted by Gasteiger charge is 2.29. The second-order valence-corrected chi connectivity index (χ2v) is 11.5. The van der Waals surface area contributed by atoms with E-state index < -0.39 is 6.17 Å². The van der Waals surface area contributed by atoms with Gasteiger partial charge in [-0.15, -0.1) is 0 Å². The van der Waals surface area contributed by atoms with E-state index >= 15 is 4.39 Å². The fourth-order valence-electron chi connectivity index (χ4n) is 5.77. The summed E-state index contributed by atoms with van der Waals surface area (Å²) < 4.78 is 20.7. The predicted octanol–water partition coefficient (Wildman–Crippen LogP) is 6.42. The number of aliphatic hydroxyl groups is 1. The number of likely N-dealkylation sites (tertiary alicyclic amines) is 1. The minimum atomic E-state index is -1.04. The number of benzene rings is 1. The number of pyridine rings is 1. The second-order valence-electron chi connectivity index (χ2n) is 10.1. The van der Waals surface area contributed by atoms with Crippen molar-refractivity contribution in [3.63, 3.8) is 0 Å². The Balaban J connectivity index is 1.26. The van der Waals surface area contributed by atoms with Crippen LogP contribution in [0.25, 0.3) is 10.9 Å². The van der Waals surface area contributed by atoms with E-state index in [0.29, 0.717) is 17.9 Å². The van der Waals surface area contributed by atoms with Gasteiger partial charge in [0.2, 0.25) is 0 Å². The first-order valence-electron chi connectivity index (χ1n) is 13.2. The van der Waals surface area contributed by atoms with Crippen molar-refractivity contribution in [2.45, 2.75) is 69.2 Å². The molecule has 4 nitrogen and oxygen atoms in total. The minimum Gasteiger partial charge on any atom is -0.497 e. The topological polar surface area (TPSA) is 45.6 Å². The number of halogens is 1. The number of aromatic nitrogens is 1. The number of nitrogens with zero attached hydrogens (tertiary/aromatic N) is 2. The summed E-state index contributed by atoms with van der Waals surface area (Å²) in [4.78, 5) is 6.90. The number of piperidine rings is 1. The van der Waals surface area contributed by atoms with Crippen LogP contribution in [0.1, 0.15) is 69.5 Å². The Kier molecular flexibility index (Phi) is 9.89. The molecule has 0 amide bonds. The molecule has 34 heavy (non-hydrogen) atoms. The summed E-state index contributed by atoms with van der Waals surface area (Å²) in [6.07, 6.45) is 11.4. The summed E-state index contributed by atoms with van der Waals surface area (Å²) in [5, 5.41) is 11.7.